The van der Waals surface area contributed by atoms with Gasteiger partial charge in [-0.3, -0.25) is 9.59 Å². The lowest BCUT2D eigenvalue weighted by molar-refractivity contribution is -0.120. The highest BCUT2D eigenvalue weighted by Crippen LogP contribution is 2.24. The Labute approximate surface area is 158 Å². The van der Waals surface area contributed by atoms with Crippen LogP contribution in [0.25, 0.3) is 0 Å². The van der Waals surface area contributed by atoms with Gasteiger partial charge in [0.25, 0.3) is 0 Å². The average molecular weight is 387 g/mol. The molecule has 0 bridgehead atoms. The van der Waals surface area contributed by atoms with Crippen LogP contribution in [0, 0.1) is 5.92 Å². The molecule has 1 atom stereocenters. The predicted octanol–water partition coefficient (Wildman–Crippen LogP) is 1.82. The van der Waals surface area contributed by atoms with Crippen LogP contribution >= 0.6 is 0 Å². The molecular formula is C19H21N3O4S. The van der Waals surface area contributed by atoms with Crippen molar-refractivity contribution in [3.63, 3.8) is 0 Å². The summed E-state index contributed by atoms with van der Waals surface area (Å²) in [5, 5.41) is 2.78. The number of anilines is 1. The maximum atomic E-state index is 12.8. The monoisotopic (exact) mass is 387 g/mol. The Kier molecular flexibility index (Phi) is 5.57. The molecule has 0 unspecified atom stereocenters. The number of carbonyl (C=O) groups is 2. The number of piperidine rings is 1. The number of primary amides is 1. The topological polar surface area (TPSA) is 110 Å². The van der Waals surface area contributed by atoms with Crippen LogP contribution < -0.4 is 11.1 Å². The van der Waals surface area contributed by atoms with E-state index < -0.39 is 21.8 Å². The van der Waals surface area contributed by atoms with Gasteiger partial charge >= 0.3 is 0 Å². The third-order valence-electron chi connectivity index (χ3n) is 4.57. The van der Waals surface area contributed by atoms with E-state index in [2.05, 4.69) is 5.32 Å². The van der Waals surface area contributed by atoms with Crippen molar-refractivity contribution in [3.05, 3.63) is 60.2 Å². The lowest BCUT2D eigenvalue weighted by atomic mass is 9.98. The molecule has 8 heteroatoms. The first-order chi connectivity index (χ1) is 12.9. The molecule has 0 aliphatic carbocycles. The number of amides is 2. The van der Waals surface area contributed by atoms with Gasteiger partial charge in [-0.1, -0.05) is 18.2 Å². The summed E-state index contributed by atoms with van der Waals surface area (Å²) in [6, 6.07) is 14.5. The first kappa shape index (κ1) is 19.1. The molecule has 0 radical (unpaired) electrons. The van der Waals surface area contributed by atoms with Crippen LogP contribution in [0.4, 0.5) is 5.69 Å². The van der Waals surface area contributed by atoms with Gasteiger partial charge in [0, 0.05) is 24.3 Å². The molecule has 0 saturated carbocycles. The minimum Gasteiger partial charge on any atom is -0.366 e. The fraction of sp³-hybridized carbons (Fsp3) is 0.263. The number of benzene rings is 2. The summed E-state index contributed by atoms with van der Waals surface area (Å²) in [4.78, 5) is 23.9. The van der Waals surface area contributed by atoms with E-state index in [9.17, 15) is 18.0 Å². The number of rotatable bonds is 5. The van der Waals surface area contributed by atoms with E-state index in [0.29, 0.717) is 30.6 Å². The van der Waals surface area contributed by atoms with Crippen LogP contribution in [0.15, 0.2) is 59.5 Å². The Hall–Kier alpha value is -2.71. The number of nitrogens with one attached hydrogen (secondary N) is 1. The first-order valence-electron chi connectivity index (χ1n) is 8.64. The molecule has 1 aliphatic rings. The van der Waals surface area contributed by atoms with Crippen molar-refractivity contribution in [2.45, 2.75) is 17.7 Å². The van der Waals surface area contributed by atoms with Crippen molar-refractivity contribution in [2.24, 2.45) is 11.7 Å². The van der Waals surface area contributed by atoms with E-state index >= 15 is 0 Å². The molecule has 1 saturated heterocycles. The molecule has 0 aromatic heterocycles. The van der Waals surface area contributed by atoms with E-state index in [4.69, 9.17) is 5.73 Å². The second-order valence-electron chi connectivity index (χ2n) is 6.45. The van der Waals surface area contributed by atoms with Gasteiger partial charge in [-0.2, -0.15) is 4.31 Å². The maximum absolute atomic E-state index is 12.8. The summed E-state index contributed by atoms with van der Waals surface area (Å²) in [7, 11) is -3.61. The number of nitrogens with two attached hydrogens (primary N) is 1. The summed E-state index contributed by atoms with van der Waals surface area (Å²) >= 11 is 0. The summed E-state index contributed by atoms with van der Waals surface area (Å²) < 4.78 is 26.9. The number of carbonyl (C=O) groups excluding carboxylic acids is 2. The summed E-state index contributed by atoms with van der Waals surface area (Å²) in [5.74, 6) is -1.22. The standard InChI is InChI=1S/C19H21N3O4S/c20-18(23)14-8-10-16(11-9-14)21-19(24)15-5-4-12-22(13-15)27(25,26)17-6-2-1-3-7-17/h1-3,6-11,15H,4-5,12-13H2,(H2,20,23)(H,21,24)/t15-/m1/s1. The summed E-state index contributed by atoms with van der Waals surface area (Å²) in [6.45, 7) is 0.538. The molecule has 27 heavy (non-hydrogen) atoms. The van der Waals surface area contributed by atoms with E-state index in [1.165, 1.54) is 16.4 Å². The highest BCUT2D eigenvalue weighted by Gasteiger charge is 2.33. The zero-order chi connectivity index (χ0) is 19.4. The van der Waals surface area contributed by atoms with Crippen LogP contribution in [0.3, 0.4) is 0 Å². The van der Waals surface area contributed by atoms with Crippen molar-refractivity contribution in [1.82, 2.24) is 4.31 Å². The third-order valence-corrected chi connectivity index (χ3v) is 6.45. The van der Waals surface area contributed by atoms with Gasteiger partial charge in [0.05, 0.1) is 10.8 Å². The van der Waals surface area contributed by atoms with Gasteiger partial charge in [-0.05, 0) is 49.2 Å². The second-order valence-corrected chi connectivity index (χ2v) is 8.38. The van der Waals surface area contributed by atoms with E-state index in [1.54, 1.807) is 42.5 Å². The number of nitrogens with zero attached hydrogens (tertiary/aromatic N) is 1. The zero-order valence-corrected chi connectivity index (χ0v) is 15.5. The molecule has 0 spiro atoms. The van der Waals surface area contributed by atoms with Gasteiger partial charge in [0.1, 0.15) is 0 Å². The van der Waals surface area contributed by atoms with Crippen molar-refractivity contribution in [3.8, 4) is 0 Å². The molecule has 1 fully saturated rings. The molecule has 1 aliphatic heterocycles. The van der Waals surface area contributed by atoms with Gasteiger partial charge in [0.2, 0.25) is 21.8 Å². The lowest BCUT2D eigenvalue weighted by Crippen LogP contribution is -2.43. The Bertz CT molecular complexity index is 927. The third kappa shape index (κ3) is 4.35. The highest BCUT2D eigenvalue weighted by molar-refractivity contribution is 7.89. The highest BCUT2D eigenvalue weighted by atomic mass is 32.2. The maximum Gasteiger partial charge on any atom is 0.248 e. The summed E-state index contributed by atoms with van der Waals surface area (Å²) in [6.07, 6.45) is 1.23. The molecule has 2 amide bonds. The number of hydrogen-bond acceptors (Lipinski definition) is 4. The molecule has 142 valence electrons. The largest absolute Gasteiger partial charge is 0.366 e. The van der Waals surface area contributed by atoms with Gasteiger partial charge < -0.3 is 11.1 Å². The molecule has 3 N–H and O–H groups in total. The predicted molar refractivity (Wildman–Crippen MR) is 102 cm³/mol. The second kappa shape index (κ2) is 7.89. The smallest absolute Gasteiger partial charge is 0.248 e. The van der Waals surface area contributed by atoms with Crippen molar-refractivity contribution >= 4 is 27.5 Å². The number of hydrogen-bond donors (Lipinski definition) is 2. The molecule has 2 aromatic rings. The Morgan fingerprint density at radius 3 is 2.33 bits per heavy atom. The Morgan fingerprint density at radius 2 is 1.70 bits per heavy atom. The normalized spacial score (nSPS) is 18.0. The molecular weight excluding hydrogens is 366 g/mol. The van der Waals surface area contributed by atoms with Crippen LogP contribution in [0.1, 0.15) is 23.2 Å². The quantitative estimate of drug-likeness (QED) is 0.815. The number of sulfonamides is 1. The van der Waals surface area contributed by atoms with E-state index in [-0.39, 0.29) is 17.3 Å². The fourth-order valence-corrected chi connectivity index (χ4v) is 4.62. The van der Waals surface area contributed by atoms with Gasteiger partial charge in [-0.25, -0.2) is 8.42 Å². The van der Waals surface area contributed by atoms with Crippen molar-refractivity contribution in [1.29, 1.82) is 0 Å². The van der Waals surface area contributed by atoms with Gasteiger partial charge in [-0.15, -0.1) is 0 Å². The van der Waals surface area contributed by atoms with Crippen LogP contribution in [-0.4, -0.2) is 37.6 Å². The minimum absolute atomic E-state index is 0.141. The lowest BCUT2D eigenvalue weighted by Gasteiger charge is -2.31. The SMILES string of the molecule is NC(=O)c1ccc(NC(=O)[C@@H]2CCCN(S(=O)(=O)c3ccccc3)C2)cc1. The molecule has 1 heterocycles. The first-order valence-corrected chi connectivity index (χ1v) is 10.1. The minimum atomic E-state index is -3.61. The van der Waals surface area contributed by atoms with Crippen LogP contribution in [0.2, 0.25) is 0 Å². The summed E-state index contributed by atoms with van der Waals surface area (Å²) in [5.41, 5.74) is 6.09. The molecule has 7 nitrogen and oxygen atoms in total. The molecule has 3 rings (SSSR count). The van der Waals surface area contributed by atoms with E-state index in [1.807, 2.05) is 0 Å². The van der Waals surface area contributed by atoms with Crippen LogP contribution in [-0.2, 0) is 14.8 Å². The fourth-order valence-electron chi connectivity index (χ4n) is 3.08. The van der Waals surface area contributed by atoms with Gasteiger partial charge in [0.15, 0.2) is 0 Å². The molecule has 2 aromatic carbocycles. The van der Waals surface area contributed by atoms with Crippen molar-refractivity contribution in [2.75, 3.05) is 18.4 Å². The van der Waals surface area contributed by atoms with Crippen LogP contribution in [0.5, 0.6) is 0 Å². The van der Waals surface area contributed by atoms with Crippen molar-refractivity contribution < 1.29 is 18.0 Å². The average Bonchev–Trinajstić information content (AvgIpc) is 2.69. The Morgan fingerprint density at radius 1 is 1.04 bits per heavy atom. The Balaban J connectivity index is 1.68. The van der Waals surface area contributed by atoms with E-state index in [0.717, 1.165) is 0 Å². The zero-order valence-electron chi connectivity index (χ0n) is 14.7.